The standard InChI is InChI=1S/C27H29ClN6O2/c1-16(2)18-8-5-6-10-22(18)34-25-20(24(32-27(34)35)33-13-12-29-15-17(33)3)14-21(28)23(31-25)19-9-7-11-30-26(19)36-4/h5-11,14,16-17,29H,12-13,15H2,1-4H3. The van der Waals surface area contributed by atoms with Gasteiger partial charge in [0.2, 0.25) is 5.88 Å². The monoisotopic (exact) mass is 504 g/mol. The number of ether oxygens (including phenoxy) is 1. The molecule has 186 valence electrons. The Labute approximate surface area is 214 Å². The lowest BCUT2D eigenvalue weighted by Gasteiger charge is -2.35. The van der Waals surface area contributed by atoms with Gasteiger partial charge in [-0.1, -0.05) is 43.6 Å². The summed E-state index contributed by atoms with van der Waals surface area (Å²) in [6.07, 6.45) is 1.65. The quantitative estimate of drug-likeness (QED) is 0.430. The molecule has 1 atom stereocenters. The van der Waals surface area contributed by atoms with Gasteiger partial charge in [-0.3, -0.25) is 0 Å². The average Bonchev–Trinajstić information content (AvgIpc) is 2.88. The van der Waals surface area contributed by atoms with Crippen molar-refractivity contribution in [2.75, 3.05) is 31.6 Å². The summed E-state index contributed by atoms with van der Waals surface area (Å²) in [5.41, 5.74) is 3.05. The Morgan fingerprint density at radius 3 is 2.72 bits per heavy atom. The first kappa shape index (κ1) is 24.2. The van der Waals surface area contributed by atoms with E-state index in [4.69, 9.17) is 21.3 Å². The number of hydrogen-bond donors (Lipinski definition) is 1. The van der Waals surface area contributed by atoms with Gasteiger partial charge in [-0.05, 0) is 42.7 Å². The number of rotatable bonds is 5. The van der Waals surface area contributed by atoms with Gasteiger partial charge in [0, 0.05) is 31.9 Å². The number of hydrogen-bond acceptors (Lipinski definition) is 7. The van der Waals surface area contributed by atoms with Gasteiger partial charge in [0.1, 0.15) is 5.82 Å². The Kier molecular flexibility index (Phi) is 6.64. The van der Waals surface area contributed by atoms with Gasteiger partial charge >= 0.3 is 5.69 Å². The van der Waals surface area contributed by atoms with Gasteiger partial charge in [-0.15, -0.1) is 0 Å². The molecule has 1 N–H and O–H groups in total. The molecule has 1 aromatic carbocycles. The fraction of sp³-hybridized carbons (Fsp3) is 0.333. The molecule has 1 saturated heterocycles. The molecule has 0 saturated carbocycles. The zero-order chi connectivity index (χ0) is 25.4. The maximum Gasteiger partial charge on any atom is 0.355 e. The molecule has 1 aliphatic rings. The molecule has 5 rings (SSSR count). The molecule has 0 bridgehead atoms. The lowest BCUT2D eigenvalue weighted by atomic mass is 10.0. The number of para-hydroxylation sites is 1. The summed E-state index contributed by atoms with van der Waals surface area (Å²) >= 11 is 6.84. The molecule has 4 aromatic rings. The van der Waals surface area contributed by atoms with Crippen LogP contribution in [0.4, 0.5) is 5.82 Å². The summed E-state index contributed by atoms with van der Waals surface area (Å²) in [5, 5.41) is 4.55. The van der Waals surface area contributed by atoms with E-state index in [1.54, 1.807) is 17.9 Å². The second kappa shape index (κ2) is 9.87. The number of methoxy groups -OCH3 is 1. The molecule has 0 radical (unpaired) electrons. The number of nitrogens with zero attached hydrogens (tertiary/aromatic N) is 5. The minimum absolute atomic E-state index is 0.157. The normalized spacial score (nSPS) is 16.1. The Hall–Kier alpha value is -3.49. The van der Waals surface area contributed by atoms with E-state index in [0.29, 0.717) is 33.6 Å². The number of anilines is 1. The Balaban J connectivity index is 1.87. The minimum Gasteiger partial charge on any atom is -0.481 e. The van der Waals surface area contributed by atoms with Crippen LogP contribution in [0, 0.1) is 0 Å². The zero-order valence-corrected chi connectivity index (χ0v) is 21.6. The van der Waals surface area contributed by atoms with Gasteiger partial charge in [0.25, 0.3) is 0 Å². The highest BCUT2D eigenvalue weighted by Gasteiger charge is 2.26. The number of pyridine rings is 2. The average molecular weight is 505 g/mol. The summed E-state index contributed by atoms with van der Waals surface area (Å²) in [7, 11) is 1.56. The van der Waals surface area contributed by atoms with Crippen LogP contribution in [-0.2, 0) is 0 Å². The molecule has 3 aromatic heterocycles. The summed E-state index contributed by atoms with van der Waals surface area (Å²) in [6, 6.07) is 13.6. The highest BCUT2D eigenvalue weighted by molar-refractivity contribution is 6.34. The zero-order valence-electron chi connectivity index (χ0n) is 20.8. The van der Waals surface area contributed by atoms with Crippen LogP contribution in [0.5, 0.6) is 5.88 Å². The first-order valence-electron chi connectivity index (χ1n) is 12.1. The van der Waals surface area contributed by atoms with E-state index >= 15 is 0 Å². The van der Waals surface area contributed by atoms with Crippen LogP contribution in [-0.4, -0.2) is 52.3 Å². The molecule has 36 heavy (non-hydrogen) atoms. The Morgan fingerprint density at radius 2 is 1.97 bits per heavy atom. The Morgan fingerprint density at radius 1 is 1.17 bits per heavy atom. The molecule has 0 spiro atoms. The first-order valence-corrected chi connectivity index (χ1v) is 12.5. The van der Waals surface area contributed by atoms with Crippen molar-refractivity contribution in [3.05, 3.63) is 69.7 Å². The van der Waals surface area contributed by atoms with E-state index in [0.717, 1.165) is 36.3 Å². The molecular weight excluding hydrogens is 476 g/mol. The van der Waals surface area contributed by atoms with E-state index < -0.39 is 0 Å². The highest BCUT2D eigenvalue weighted by Crippen LogP contribution is 2.37. The summed E-state index contributed by atoms with van der Waals surface area (Å²) in [5.74, 6) is 1.20. The third-order valence-corrected chi connectivity index (χ3v) is 6.88. The van der Waals surface area contributed by atoms with Crippen LogP contribution < -0.4 is 20.6 Å². The lowest BCUT2D eigenvalue weighted by Crippen LogP contribution is -2.50. The molecule has 0 amide bonds. The molecule has 4 heterocycles. The molecule has 1 unspecified atom stereocenters. The van der Waals surface area contributed by atoms with Gasteiger partial charge < -0.3 is 15.0 Å². The van der Waals surface area contributed by atoms with E-state index in [2.05, 4.69) is 41.0 Å². The van der Waals surface area contributed by atoms with Crippen LogP contribution in [0.1, 0.15) is 32.3 Å². The fourth-order valence-electron chi connectivity index (χ4n) is 4.80. The molecule has 9 heteroatoms. The van der Waals surface area contributed by atoms with Crippen molar-refractivity contribution < 1.29 is 4.74 Å². The van der Waals surface area contributed by atoms with Crippen molar-refractivity contribution in [1.82, 2.24) is 24.8 Å². The Bertz CT molecular complexity index is 1490. The molecule has 1 fully saturated rings. The number of nitrogens with one attached hydrogen (secondary N) is 1. The van der Waals surface area contributed by atoms with E-state index in [-0.39, 0.29) is 17.6 Å². The number of halogens is 1. The van der Waals surface area contributed by atoms with E-state index in [1.807, 2.05) is 42.5 Å². The largest absolute Gasteiger partial charge is 0.481 e. The highest BCUT2D eigenvalue weighted by atomic mass is 35.5. The third-order valence-electron chi connectivity index (χ3n) is 6.59. The van der Waals surface area contributed by atoms with Crippen molar-refractivity contribution in [2.24, 2.45) is 0 Å². The van der Waals surface area contributed by atoms with E-state index in [9.17, 15) is 4.79 Å². The molecular formula is C27H29ClN6O2. The SMILES string of the molecule is COc1ncccc1-c1nc2c(cc1Cl)c(N1CCNCC1C)nc(=O)n2-c1ccccc1C(C)C. The van der Waals surface area contributed by atoms with Crippen molar-refractivity contribution in [1.29, 1.82) is 0 Å². The van der Waals surface area contributed by atoms with Crippen LogP contribution in [0.25, 0.3) is 28.0 Å². The molecule has 0 aliphatic carbocycles. The van der Waals surface area contributed by atoms with Crippen LogP contribution in [0.15, 0.2) is 53.5 Å². The van der Waals surface area contributed by atoms with Crippen molar-refractivity contribution >= 4 is 28.5 Å². The van der Waals surface area contributed by atoms with Crippen molar-refractivity contribution in [2.45, 2.75) is 32.7 Å². The second-order valence-corrected chi connectivity index (χ2v) is 9.67. The maximum atomic E-state index is 13.7. The minimum atomic E-state index is -0.379. The van der Waals surface area contributed by atoms with Gasteiger partial charge in [-0.2, -0.15) is 4.98 Å². The van der Waals surface area contributed by atoms with Crippen LogP contribution in [0.2, 0.25) is 5.02 Å². The summed E-state index contributed by atoms with van der Waals surface area (Å²) in [6.45, 7) is 8.65. The van der Waals surface area contributed by atoms with Gasteiger partial charge in [0.15, 0.2) is 5.65 Å². The lowest BCUT2D eigenvalue weighted by molar-refractivity contribution is 0.399. The fourth-order valence-corrected chi connectivity index (χ4v) is 5.05. The van der Waals surface area contributed by atoms with Crippen LogP contribution in [0.3, 0.4) is 0 Å². The summed E-state index contributed by atoms with van der Waals surface area (Å²) < 4.78 is 7.08. The van der Waals surface area contributed by atoms with Crippen molar-refractivity contribution in [3.63, 3.8) is 0 Å². The van der Waals surface area contributed by atoms with Crippen molar-refractivity contribution in [3.8, 4) is 22.8 Å². The smallest absolute Gasteiger partial charge is 0.355 e. The van der Waals surface area contributed by atoms with Crippen LogP contribution >= 0.6 is 11.6 Å². The number of aromatic nitrogens is 4. The number of piperazine rings is 1. The van der Waals surface area contributed by atoms with E-state index in [1.165, 1.54) is 0 Å². The third kappa shape index (κ3) is 4.20. The number of fused-ring (bicyclic) bond motifs is 1. The second-order valence-electron chi connectivity index (χ2n) is 9.26. The predicted molar refractivity (Wildman–Crippen MR) is 144 cm³/mol. The molecule has 8 nitrogen and oxygen atoms in total. The predicted octanol–water partition coefficient (Wildman–Crippen LogP) is 4.43. The maximum absolute atomic E-state index is 13.7. The topological polar surface area (TPSA) is 85.2 Å². The van der Waals surface area contributed by atoms with Gasteiger partial charge in [-0.25, -0.2) is 19.3 Å². The molecule has 1 aliphatic heterocycles. The van der Waals surface area contributed by atoms with Gasteiger partial charge in [0.05, 0.1) is 34.5 Å². The summed E-state index contributed by atoms with van der Waals surface area (Å²) in [4.78, 5) is 29.8. The number of benzene rings is 1. The first-order chi connectivity index (χ1) is 17.4.